The van der Waals surface area contributed by atoms with Gasteiger partial charge in [-0.15, -0.1) is 0 Å². The number of esters is 4. The fourth-order valence-electron chi connectivity index (χ4n) is 2.95. The fourth-order valence-corrected chi connectivity index (χ4v) is 2.95. The number of ether oxygens (including phenoxy) is 5. The standard InChI is InChI=1S/C32H28N2O9/c1-21(2)29(35)39-13-15-41-31(37)25(19-33)17-23-5-9-27(10-6-23)43-28-11-7-24(8-12-28)18-26(20-34)32(38)42-16-14-40-30(36)22(3)4/h5-12,17-18H,1,3,13-16H2,2,4H3/b25-17+,26-18+. The molecule has 0 spiro atoms. The van der Waals surface area contributed by atoms with Crippen molar-refractivity contribution in [3.63, 3.8) is 0 Å². The van der Waals surface area contributed by atoms with Gasteiger partial charge < -0.3 is 23.7 Å². The molecule has 0 aliphatic carbocycles. The Morgan fingerprint density at radius 2 is 0.907 bits per heavy atom. The van der Waals surface area contributed by atoms with Crippen LogP contribution in [0.25, 0.3) is 12.2 Å². The summed E-state index contributed by atoms with van der Waals surface area (Å²) in [5, 5.41) is 18.6. The molecule has 0 saturated carbocycles. The highest BCUT2D eigenvalue weighted by atomic mass is 16.6. The Bertz CT molecular complexity index is 1400. The third-order valence-electron chi connectivity index (χ3n) is 5.09. The van der Waals surface area contributed by atoms with Crippen LogP contribution in [0, 0.1) is 22.7 Å². The van der Waals surface area contributed by atoms with E-state index in [0.717, 1.165) is 0 Å². The average molecular weight is 585 g/mol. The van der Waals surface area contributed by atoms with E-state index in [4.69, 9.17) is 23.7 Å². The molecule has 11 nitrogen and oxygen atoms in total. The summed E-state index contributed by atoms with van der Waals surface area (Å²) in [4.78, 5) is 47.0. The molecule has 0 aliphatic rings. The van der Waals surface area contributed by atoms with Gasteiger partial charge in [-0.25, -0.2) is 19.2 Å². The van der Waals surface area contributed by atoms with Crippen LogP contribution in [0.2, 0.25) is 0 Å². The maximum Gasteiger partial charge on any atom is 0.349 e. The van der Waals surface area contributed by atoms with Crippen molar-refractivity contribution in [1.82, 2.24) is 0 Å². The second-order valence-electron chi connectivity index (χ2n) is 8.68. The first-order valence-electron chi connectivity index (χ1n) is 12.6. The minimum atomic E-state index is -0.861. The maximum atomic E-state index is 12.2. The highest BCUT2D eigenvalue weighted by Crippen LogP contribution is 2.23. The van der Waals surface area contributed by atoms with Gasteiger partial charge in [-0.1, -0.05) is 37.4 Å². The summed E-state index contributed by atoms with van der Waals surface area (Å²) >= 11 is 0. The van der Waals surface area contributed by atoms with Crippen LogP contribution in [-0.2, 0) is 38.1 Å². The zero-order chi connectivity index (χ0) is 31.8. The molecule has 0 N–H and O–H groups in total. The van der Waals surface area contributed by atoms with Gasteiger partial charge in [-0.05, 0) is 61.4 Å². The lowest BCUT2D eigenvalue weighted by Gasteiger charge is -2.07. The molecule has 0 unspecified atom stereocenters. The third kappa shape index (κ3) is 11.6. The molecule has 43 heavy (non-hydrogen) atoms. The molecule has 0 aromatic heterocycles. The van der Waals surface area contributed by atoms with Crippen LogP contribution in [0.3, 0.4) is 0 Å². The zero-order valence-electron chi connectivity index (χ0n) is 23.6. The van der Waals surface area contributed by atoms with Crippen molar-refractivity contribution in [2.75, 3.05) is 26.4 Å². The summed E-state index contributed by atoms with van der Waals surface area (Å²) in [6.45, 7) is 9.11. The summed E-state index contributed by atoms with van der Waals surface area (Å²) in [5.41, 5.74) is 1.03. The van der Waals surface area contributed by atoms with Crippen molar-refractivity contribution in [3.05, 3.63) is 95.1 Å². The second-order valence-corrected chi connectivity index (χ2v) is 8.68. The predicted molar refractivity (Wildman–Crippen MR) is 154 cm³/mol. The predicted octanol–water partition coefficient (Wildman–Crippen LogP) is 4.62. The molecular weight excluding hydrogens is 556 g/mol. The van der Waals surface area contributed by atoms with Crippen LogP contribution in [0.5, 0.6) is 11.5 Å². The summed E-state index contributed by atoms with van der Waals surface area (Å²) in [6.07, 6.45) is 2.69. The number of nitriles is 2. The Hall–Kier alpha value is -5.94. The molecule has 0 atom stereocenters. The molecule has 0 heterocycles. The van der Waals surface area contributed by atoms with E-state index >= 15 is 0 Å². The summed E-state index contributed by atoms with van der Waals surface area (Å²) < 4.78 is 25.4. The number of rotatable bonds is 14. The normalized spacial score (nSPS) is 10.8. The number of hydrogen-bond acceptors (Lipinski definition) is 11. The second kappa shape index (κ2) is 17.0. The summed E-state index contributed by atoms with van der Waals surface area (Å²) in [6, 6.07) is 16.6. The van der Waals surface area contributed by atoms with E-state index in [1.54, 1.807) is 60.7 Å². The van der Waals surface area contributed by atoms with E-state index < -0.39 is 23.9 Å². The van der Waals surface area contributed by atoms with Crippen LogP contribution < -0.4 is 4.74 Å². The van der Waals surface area contributed by atoms with Gasteiger partial charge in [-0.3, -0.25) is 0 Å². The van der Waals surface area contributed by atoms with Gasteiger partial charge >= 0.3 is 23.9 Å². The van der Waals surface area contributed by atoms with E-state index in [9.17, 15) is 29.7 Å². The topological polar surface area (TPSA) is 162 Å². The molecular formula is C32H28N2O9. The molecule has 0 amide bonds. The number of carbonyl (C=O) groups excluding carboxylic acids is 4. The quantitative estimate of drug-likeness (QED) is 0.100. The van der Waals surface area contributed by atoms with Crippen LogP contribution in [0.4, 0.5) is 0 Å². The van der Waals surface area contributed by atoms with Gasteiger partial charge in [0.05, 0.1) is 0 Å². The molecule has 0 radical (unpaired) electrons. The Morgan fingerprint density at radius 1 is 0.605 bits per heavy atom. The lowest BCUT2D eigenvalue weighted by atomic mass is 10.1. The Labute approximate surface area is 248 Å². The molecule has 0 saturated heterocycles. The van der Waals surface area contributed by atoms with Gasteiger partial charge in [0.15, 0.2) is 0 Å². The number of benzene rings is 2. The SMILES string of the molecule is C=C(C)C(=O)OCCOC(=O)/C(C#N)=C/c1ccc(Oc2ccc(/C=C(\C#N)C(=O)OCCOC(=O)C(=C)C)cc2)cc1. The van der Waals surface area contributed by atoms with E-state index in [1.807, 2.05) is 0 Å². The molecule has 0 fully saturated rings. The van der Waals surface area contributed by atoms with Gasteiger partial charge in [0.1, 0.15) is 61.2 Å². The number of hydrogen-bond donors (Lipinski definition) is 0. The highest BCUT2D eigenvalue weighted by molar-refractivity contribution is 5.98. The minimum absolute atomic E-state index is 0.165. The van der Waals surface area contributed by atoms with Crippen molar-refractivity contribution in [2.24, 2.45) is 0 Å². The van der Waals surface area contributed by atoms with E-state index in [1.165, 1.54) is 26.0 Å². The van der Waals surface area contributed by atoms with Crippen LogP contribution in [-0.4, -0.2) is 50.3 Å². The number of nitrogens with zero attached hydrogens (tertiary/aromatic N) is 2. The van der Waals surface area contributed by atoms with Crippen molar-refractivity contribution in [3.8, 4) is 23.6 Å². The summed E-state index contributed by atoms with van der Waals surface area (Å²) in [7, 11) is 0. The highest BCUT2D eigenvalue weighted by Gasteiger charge is 2.13. The first-order chi connectivity index (χ1) is 20.5. The summed E-state index contributed by atoms with van der Waals surface area (Å²) in [5.74, 6) is -2.00. The Balaban J connectivity index is 1.93. The van der Waals surface area contributed by atoms with Crippen LogP contribution >= 0.6 is 0 Å². The first-order valence-corrected chi connectivity index (χ1v) is 12.6. The molecule has 220 valence electrons. The van der Waals surface area contributed by atoms with Crippen molar-refractivity contribution >= 4 is 36.0 Å². The molecule has 0 bridgehead atoms. The minimum Gasteiger partial charge on any atom is -0.459 e. The fraction of sp³-hybridized carbons (Fsp3) is 0.188. The van der Waals surface area contributed by atoms with Gasteiger partial charge in [-0.2, -0.15) is 10.5 Å². The van der Waals surface area contributed by atoms with E-state index in [2.05, 4.69) is 13.2 Å². The maximum absolute atomic E-state index is 12.2. The molecule has 2 aromatic rings. The Morgan fingerprint density at radius 3 is 1.19 bits per heavy atom. The van der Waals surface area contributed by atoms with E-state index in [0.29, 0.717) is 22.6 Å². The monoisotopic (exact) mass is 584 g/mol. The van der Waals surface area contributed by atoms with Gasteiger partial charge in [0.25, 0.3) is 0 Å². The average Bonchev–Trinajstić information content (AvgIpc) is 2.99. The smallest absolute Gasteiger partial charge is 0.349 e. The molecule has 0 aliphatic heterocycles. The Kier molecular flexibility index (Phi) is 13.2. The van der Waals surface area contributed by atoms with Gasteiger partial charge in [0, 0.05) is 11.1 Å². The third-order valence-corrected chi connectivity index (χ3v) is 5.09. The lowest BCUT2D eigenvalue weighted by molar-refractivity contribution is -0.147. The van der Waals surface area contributed by atoms with E-state index in [-0.39, 0.29) is 48.7 Å². The molecule has 2 rings (SSSR count). The number of carbonyl (C=O) groups is 4. The van der Waals surface area contributed by atoms with Crippen LogP contribution in [0.1, 0.15) is 25.0 Å². The van der Waals surface area contributed by atoms with Crippen molar-refractivity contribution in [2.45, 2.75) is 13.8 Å². The lowest BCUT2D eigenvalue weighted by Crippen LogP contribution is -2.15. The van der Waals surface area contributed by atoms with Crippen molar-refractivity contribution < 1.29 is 42.9 Å². The van der Waals surface area contributed by atoms with Gasteiger partial charge in [0.2, 0.25) is 0 Å². The van der Waals surface area contributed by atoms with Crippen molar-refractivity contribution in [1.29, 1.82) is 10.5 Å². The largest absolute Gasteiger partial charge is 0.459 e. The zero-order valence-corrected chi connectivity index (χ0v) is 23.6. The van der Waals surface area contributed by atoms with Crippen LogP contribution in [0.15, 0.2) is 84.0 Å². The molecule has 2 aromatic carbocycles. The first kappa shape index (κ1) is 33.3. The molecule has 11 heteroatoms.